The molecule has 0 aromatic carbocycles. The Morgan fingerprint density at radius 2 is 2.25 bits per heavy atom. The zero-order chi connectivity index (χ0) is 12.1. The largest absolute Gasteiger partial charge is 0.356 e. The van der Waals surface area contributed by atoms with Crippen LogP contribution >= 0.6 is 0 Å². The molecule has 1 amide bonds. The average Bonchev–Trinajstić information content (AvgIpc) is 2.55. The van der Waals surface area contributed by atoms with E-state index in [4.69, 9.17) is 5.73 Å². The van der Waals surface area contributed by atoms with E-state index in [2.05, 4.69) is 24.1 Å². The minimum atomic E-state index is 0.115. The van der Waals surface area contributed by atoms with E-state index in [0.29, 0.717) is 25.6 Å². The normalized spacial score (nSPS) is 28.0. The van der Waals surface area contributed by atoms with E-state index in [0.717, 1.165) is 12.5 Å². The van der Waals surface area contributed by atoms with E-state index in [9.17, 15) is 4.79 Å². The van der Waals surface area contributed by atoms with Gasteiger partial charge in [-0.15, -0.1) is 0 Å². The van der Waals surface area contributed by atoms with Crippen molar-refractivity contribution in [2.45, 2.75) is 45.7 Å². The van der Waals surface area contributed by atoms with Crippen molar-refractivity contribution >= 4 is 5.91 Å². The molecule has 4 heteroatoms. The predicted molar refractivity (Wildman–Crippen MR) is 66.1 cm³/mol. The van der Waals surface area contributed by atoms with Crippen LogP contribution in [0.25, 0.3) is 0 Å². The number of nitrogens with two attached hydrogens (primary N) is 1. The first-order chi connectivity index (χ1) is 7.58. The highest BCUT2D eigenvalue weighted by Crippen LogP contribution is 2.25. The number of hydrogen-bond donors (Lipinski definition) is 2. The minimum absolute atomic E-state index is 0.115. The molecule has 1 aliphatic heterocycles. The molecule has 4 nitrogen and oxygen atoms in total. The van der Waals surface area contributed by atoms with Crippen molar-refractivity contribution in [1.82, 2.24) is 10.2 Å². The molecule has 94 valence electrons. The summed E-state index contributed by atoms with van der Waals surface area (Å²) in [5.74, 6) is 0.836. The molecule has 3 unspecified atom stereocenters. The van der Waals surface area contributed by atoms with E-state index in [1.807, 2.05) is 6.92 Å². The molecule has 0 aromatic heterocycles. The van der Waals surface area contributed by atoms with Crippen LogP contribution in [0.15, 0.2) is 0 Å². The van der Waals surface area contributed by atoms with Gasteiger partial charge in [0.15, 0.2) is 0 Å². The summed E-state index contributed by atoms with van der Waals surface area (Å²) < 4.78 is 0. The van der Waals surface area contributed by atoms with Crippen molar-refractivity contribution in [1.29, 1.82) is 0 Å². The Bertz CT molecular complexity index is 232. The van der Waals surface area contributed by atoms with Crippen LogP contribution in [0.4, 0.5) is 0 Å². The van der Waals surface area contributed by atoms with Gasteiger partial charge in [0, 0.05) is 38.1 Å². The zero-order valence-electron chi connectivity index (χ0n) is 10.7. The summed E-state index contributed by atoms with van der Waals surface area (Å²) in [6.45, 7) is 8.76. The molecular weight excluding hydrogens is 202 g/mol. The molecule has 1 rings (SSSR count). The number of nitrogens with zero attached hydrogens (tertiary/aromatic N) is 1. The van der Waals surface area contributed by atoms with Gasteiger partial charge in [-0.05, 0) is 26.2 Å². The van der Waals surface area contributed by atoms with E-state index in [1.54, 1.807) is 0 Å². The van der Waals surface area contributed by atoms with Gasteiger partial charge in [-0.25, -0.2) is 0 Å². The second-order valence-electron chi connectivity index (χ2n) is 4.93. The number of hydrogen-bond acceptors (Lipinski definition) is 3. The lowest BCUT2D eigenvalue weighted by Gasteiger charge is -2.30. The van der Waals surface area contributed by atoms with Gasteiger partial charge < -0.3 is 11.1 Å². The monoisotopic (exact) mass is 227 g/mol. The van der Waals surface area contributed by atoms with E-state index in [-0.39, 0.29) is 11.9 Å². The van der Waals surface area contributed by atoms with Crippen LogP contribution < -0.4 is 11.1 Å². The predicted octanol–water partition coefficient (Wildman–Crippen LogP) is 0.570. The van der Waals surface area contributed by atoms with Gasteiger partial charge in [0.05, 0.1) is 0 Å². The summed E-state index contributed by atoms with van der Waals surface area (Å²) in [7, 11) is 0. The summed E-state index contributed by atoms with van der Waals surface area (Å²) in [5, 5.41) is 2.84. The number of nitrogens with one attached hydrogen (secondary N) is 1. The molecule has 16 heavy (non-hydrogen) atoms. The lowest BCUT2D eigenvalue weighted by atomic mass is 10.1. The van der Waals surface area contributed by atoms with Gasteiger partial charge in [-0.2, -0.15) is 0 Å². The van der Waals surface area contributed by atoms with Crippen LogP contribution in [-0.4, -0.2) is 42.5 Å². The van der Waals surface area contributed by atoms with E-state index >= 15 is 0 Å². The minimum Gasteiger partial charge on any atom is -0.356 e. The van der Waals surface area contributed by atoms with Crippen LogP contribution in [0.5, 0.6) is 0 Å². The van der Waals surface area contributed by atoms with Crippen molar-refractivity contribution < 1.29 is 4.79 Å². The first-order valence-corrected chi connectivity index (χ1v) is 6.31. The first-order valence-electron chi connectivity index (χ1n) is 6.31. The fourth-order valence-electron chi connectivity index (χ4n) is 2.66. The Kier molecular flexibility index (Phi) is 5.22. The van der Waals surface area contributed by atoms with Gasteiger partial charge in [0.2, 0.25) is 5.91 Å². The van der Waals surface area contributed by atoms with Gasteiger partial charge in [-0.1, -0.05) is 6.92 Å². The standard InChI is InChI=1S/C12H25N3O/c1-4-14-12(16)6-11(7-13)15-8-9(2)5-10(15)3/h9-11H,4-8,13H2,1-3H3,(H,14,16). The molecule has 0 aliphatic carbocycles. The number of carbonyl (C=O) groups excluding carboxylic acids is 1. The number of carbonyl (C=O) groups is 1. The van der Waals surface area contributed by atoms with Crippen LogP contribution in [0.1, 0.15) is 33.6 Å². The number of amides is 1. The first kappa shape index (κ1) is 13.5. The molecule has 0 radical (unpaired) electrons. The molecule has 0 saturated carbocycles. The zero-order valence-corrected chi connectivity index (χ0v) is 10.7. The quantitative estimate of drug-likeness (QED) is 0.722. The molecule has 0 spiro atoms. The fraction of sp³-hybridized carbons (Fsp3) is 0.917. The van der Waals surface area contributed by atoms with E-state index < -0.39 is 0 Å². The molecule has 1 aliphatic rings. The van der Waals surface area contributed by atoms with Crippen molar-refractivity contribution in [3.63, 3.8) is 0 Å². The van der Waals surface area contributed by atoms with Gasteiger partial charge in [0.25, 0.3) is 0 Å². The molecule has 3 atom stereocenters. The van der Waals surface area contributed by atoms with Crippen molar-refractivity contribution in [2.24, 2.45) is 11.7 Å². The Morgan fingerprint density at radius 1 is 1.56 bits per heavy atom. The highest BCUT2D eigenvalue weighted by molar-refractivity contribution is 5.76. The maximum absolute atomic E-state index is 11.6. The smallest absolute Gasteiger partial charge is 0.221 e. The van der Waals surface area contributed by atoms with Crippen molar-refractivity contribution in [2.75, 3.05) is 19.6 Å². The van der Waals surface area contributed by atoms with Gasteiger partial charge in [-0.3, -0.25) is 9.69 Å². The molecule has 1 saturated heterocycles. The van der Waals surface area contributed by atoms with Crippen molar-refractivity contribution in [3.8, 4) is 0 Å². The van der Waals surface area contributed by atoms with Crippen molar-refractivity contribution in [3.05, 3.63) is 0 Å². The molecular formula is C12H25N3O. The Balaban J connectivity index is 2.50. The summed E-state index contributed by atoms with van der Waals surface area (Å²) >= 11 is 0. The molecule has 0 aromatic rings. The second kappa shape index (κ2) is 6.21. The van der Waals surface area contributed by atoms with Crippen LogP contribution in [0.3, 0.4) is 0 Å². The van der Waals surface area contributed by atoms with Crippen LogP contribution in [-0.2, 0) is 4.79 Å². The molecule has 0 bridgehead atoms. The Morgan fingerprint density at radius 3 is 2.69 bits per heavy atom. The third-order valence-electron chi connectivity index (χ3n) is 3.37. The highest BCUT2D eigenvalue weighted by atomic mass is 16.1. The number of likely N-dealkylation sites (tertiary alicyclic amines) is 1. The molecule has 1 fully saturated rings. The molecule has 3 N–H and O–H groups in total. The average molecular weight is 227 g/mol. The summed E-state index contributed by atoms with van der Waals surface area (Å²) in [6, 6.07) is 0.754. The van der Waals surface area contributed by atoms with Crippen LogP contribution in [0.2, 0.25) is 0 Å². The maximum atomic E-state index is 11.6. The number of rotatable bonds is 5. The third-order valence-corrected chi connectivity index (χ3v) is 3.37. The molecule has 1 heterocycles. The van der Waals surface area contributed by atoms with Gasteiger partial charge >= 0.3 is 0 Å². The lowest BCUT2D eigenvalue weighted by molar-refractivity contribution is -0.122. The lowest BCUT2D eigenvalue weighted by Crippen LogP contribution is -2.45. The SMILES string of the molecule is CCNC(=O)CC(CN)N1CC(C)CC1C. The second-order valence-corrected chi connectivity index (χ2v) is 4.93. The van der Waals surface area contributed by atoms with E-state index in [1.165, 1.54) is 6.42 Å². The Labute approximate surface area is 98.6 Å². The Hall–Kier alpha value is -0.610. The third kappa shape index (κ3) is 3.46. The fourth-order valence-corrected chi connectivity index (χ4v) is 2.66. The highest BCUT2D eigenvalue weighted by Gasteiger charge is 2.31. The summed E-state index contributed by atoms with van der Waals surface area (Å²) in [4.78, 5) is 14.0. The summed E-state index contributed by atoms with van der Waals surface area (Å²) in [6.07, 6.45) is 1.74. The van der Waals surface area contributed by atoms with Gasteiger partial charge in [0.1, 0.15) is 0 Å². The maximum Gasteiger partial charge on any atom is 0.221 e. The topological polar surface area (TPSA) is 58.4 Å². The van der Waals surface area contributed by atoms with Crippen LogP contribution in [0, 0.1) is 5.92 Å². The summed E-state index contributed by atoms with van der Waals surface area (Å²) in [5.41, 5.74) is 5.78.